The van der Waals surface area contributed by atoms with Gasteiger partial charge in [0.1, 0.15) is 0 Å². The molecule has 4 nitrogen and oxygen atoms in total. The Morgan fingerprint density at radius 3 is 2.27 bits per heavy atom. The monoisotopic (exact) mass is 213 g/mol. The zero-order valence-corrected chi connectivity index (χ0v) is 9.41. The maximum Gasteiger partial charge on any atom is 0.307 e. The van der Waals surface area contributed by atoms with Crippen LogP contribution in [-0.4, -0.2) is 18.4 Å². The summed E-state index contributed by atoms with van der Waals surface area (Å²) in [6.07, 6.45) is 4.54. The molecule has 1 amide bonds. The molecule has 0 aromatic carbocycles. The summed E-state index contributed by atoms with van der Waals surface area (Å²) in [7, 11) is 0. The normalized spacial score (nSPS) is 7.87. The molecule has 0 fully saturated rings. The van der Waals surface area contributed by atoms with Crippen molar-refractivity contribution in [2.75, 3.05) is 6.54 Å². The van der Waals surface area contributed by atoms with Gasteiger partial charge in [-0.15, -0.1) is 0 Å². The smallest absolute Gasteiger partial charge is 0.307 e. The van der Waals surface area contributed by atoms with E-state index in [0.29, 0.717) is 0 Å². The fourth-order valence-electron chi connectivity index (χ4n) is 0.578. The number of hydrogen-bond acceptors (Lipinski definition) is 3. The highest BCUT2D eigenvalue weighted by molar-refractivity contribution is 5.86. The molecule has 0 rings (SSSR count). The van der Waals surface area contributed by atoms with E-state index in [0.717, 1.165) is 25.6 Å². The van der Waals surface area contributed by atoms with Gasteiger partial charge in [0, 0.05) is 13.5 Å². The number of esters is 1. The van der Waals surface area contributed by atoms with E-state index < -0.39 is 0 Å². The van der Waals surface area contributed by atoms with Crippen molar-refractivity contribution in [1.82, 2.24) is 5.32 Å². The molecule has 1 N–H and O–H groups in total. The second kappa shape index (κ2) is 12.4. The zero-order valence-electron chi connectivity index (χ0n) is 9.41. The highest BCUT2D eigenvalue weighted by atomic mass is 16.5. The number of nitrogens with one attached hydrogen (secondary N) is 1. The Hall–Kier alpha value is -1.58. The molecular formula is C11H19NO3. The summed E-state index contributed by atoms with van der Waals surface area (Å²) in [6, 6.07) is 0. The number of carbonyl (C=O) groups is 2. The molecule has 0 saturated heterocycles. The van der Waals surface area contributed by atoms with Gasteiger partial charge in [0.15, 0.2) is 0 Å². The van der Waals surface area contributed by atoms with Gasteiger partial charge in [0.25, 0.3) is 0 Å². The first-order valence-electron chi connectivity index (χ1n) is 4.76. The minimum absolute atomic E-state index is 0.0801. The zero-order chi connectivity index (χ0) is 12.1. The number of ether oxygens (including phenoxy) is 1. The van der Waals surface area contributed by atoms with Crippen LogP contribution in [-0.2, 0) is 14.3 Å². The van der Waals surface area contributed by atoms with Crippen LogP contribution in [0.2, 0.25) is 0 Å². The number of carbonyl (C=O) groups excluding carboxylic acids is 2. The summed E-state index contributed by atoms with van der Waals surface area (Å²) in [5.41, 5.74) is 0. The van der Waals surface area contributed by atoms with Gasteiger partial charge in [-0.25, -0.2) is 0 Å². The third kappa shape index (κ3) is 19.0. The van der Waals surface area contributed by atoms with Gasteiger partial charge in [-0.3, -0.25) is 9.59 Å². The molecule has 0 atom stereocenters. The van der Waals surface area contributed by atoms with Crippen LogP contribution < -0.4 is 5.32 Å². The summed E-state index contributed by atoms with van der Waals surface area (Å²) in [6.45, 7) is 10.7. The Bertz CT molecular complexity index is 212. The maximum absolute atomic E-state index is 10.5. The second-order valence-electron chi connectivity index (χ2n) is 2.62. The topological polar surface area (TPSA) is 55.4 Å². The molecule has 4 heteroatoms. The van der Waals surface area contributed by atoms with Crippen LogP contribution in [0.3, 0.4) is 0 Å². The summed E-state index contributed by atoms with van der Waals surface area (Å²) in [4.78, 5) is 20.2. The van der Waals surface area contributed by atoms with E-state index in [9.17, 15) is 9.59 Å². The van der Waals surface area contributed by atoms with Gasteiger partial charge in [-0.05, 0) is 12.5 Å². The molecule has 0 bridgehead atoms. The van der Waals surface area contributed by atoms with Crippen molar-refractivity contribution >= 4 is 11.9 Å². The van der Waals surface area contributed by atoms with E-state index in [1.807, 2.05) is 0 Å². The van der Waals surface area contributed by atoms with Crippen LogP contribution in [0.5, 0.6) is 0 Å². The summed E-state index contributed by atoms with van der Waals surface area (Å²) < 4.78 is 4.17. The van der Waals surface area contributed by atoms with Crippen LogP contribution >= 0.6 is 0 Å². The van der Waals surface area contributed by atoms with Crippen LogP contribution in [0.1, 0.15) is 26.7 Å². The quantitative estimate of drug-likeness (QED) is 0.328. The van der Waals surface area contributed by atoms with E-state index in [-0.39, 0.29) is 11.9 Å². The number of hydrogen-bond donors (Lipinski definition) is 1. The molecule has 0 spiro atoms. The van der Waals surface area contributed by atoms with E-state index >= 15 is 0 Å². The predicted molar refractivity (Wildman–Crippen MR) is 60.1 cm³/mol. The van der Waals surface area contributed by atoms with Crippen molar-refractivity contribution in [3.63, 3.8) is 0 Å². The Kier molecular flexibility index (Phi) is 13.1. The lowest BCUT2D eigenvalue weighted by Gasteiger charge is -1.97. The lowest BCUT2D eigenvalue weighted by molar-refractivity contribution is -0.135. The summed E-state index contributed by atoms with van der Waals surface area (Å²) in [5, 5.41) is 2.68. The molecule has 0 unspecified atom stereocenters. The van der Waals surface area contributed by atoms with Gasteiger partial charge in [-0.2, -0.15) is 0 Å². The van der Waals surface area contributed by atoms with Gasteiger partial charge >= 0.3 is 5.97 Å². The van der Waals surface area contributed by atoms with Crippen LogP contribution in [0.25, 0.3) is 0 Å². The van der Waals surface area contributed by atoms with Crippen molar-refractivity contribution in [3.8, 4) is 0 Å². The summed E-state index contributed by atoms with van der Waals surface area (Å²) >= 11 is 0. The molecule has 0 saturated carbocycles. The molecule has 0 radical (unpaired) electrons. The highest BCUT2D eigenvalue weighted by Gasteiger charge is 1.88. The minimum atomic E-state index is -0.329. The fraction of sp³-hybridized carbons (Fsp3) is 0.455. The van der Waals surface area contributed by atoms with Crippen molar-refractivity contribution < 1.29 is 14.3 Å². The first kappa shape index (κ1) is 15.9. The fourth-order valence-corrected chi connectivity index (χ4v) is 0.578. The van der Waals surface area contributed by atoms with E-state index in [1.54, 1.807) is 0 Å². The summed E-state index contributed by atoms with van der Waals surface area (Å²) in [5.74, 6) is -0.409. The third-order valence-electron chi connectivity index (χ3n) is 1.26. The lowest BCUT2D eigenvalue weighted by Crippen LogP contribution is -2.21. The molecule has 86 valence electrons. The van der Waals surface area contributed by atoms with Gasteiger partial charge in [-0.1, -0.05) is 26.5 Å². The minimum Gasteiger partial charge on any atom is -0.435 e. The van der Waals surface area contributed by atoms with Gasteiger partial charge in [0.05, 0.1) is 6.26 Å². The number of amides is 1. The van der Waals surface area contributed by atoms with Crippen LogP contribution in [0.4, 0.5) is 0 Å². The van der Waals surface area contributed by atoms with Crippen molar-refractivity contribution in [2.45, 2.75) is 26.7 Å². The SMILES string of the molecule is C=CC(=O)NCCCC.C=COC(C)=O. The Morgan fingerprint density at radius 1 is 1.40 bits per heavy atom. The standard InChI is InChI=1S/C7H13NO.C4H6O2/c1-3-5-6-8-7(9)4-2;1-3-6-4(2)5/h4H,2-3,5-6H2,1H3,(H,8,9);3H,1H2,2H3. The average Bonchev–Trinajstić information content (AvgIpc) is 2.18. The van der Waals surface area contributed by atoms with E-state index in [2.05, 4.69) is 30.1 Å². The highest BCUT2D eigenvalue weighted by Crippen LogP contribution is 1.81. The first-order valence-corrected chi connectivity index (χ1v) is 4.76. The first-order chi connectivity index (χ1) is 7.08. The van der Waals surface area contributed by atoms with E-state index in [4.69, 9.17) is 0 Å². The van der Waals surface area contributed by atoms with Crippen molar-refractivity contribution in [3.05, 3.63) is 25.5 Å². The molecule has 15 heavy (non-hydrogen) atoms. The lowest BCUT2D eigenvalue weighted by atomic mass is 10.3. The van der Waals surface area contributed by atoms with E-state index in [1.165, 1.54) is 13.0 Å². The molecule has 0 aliphatic rings. The van der Waals surface area contributed by atoms with Crippen LogP contribution in [0.15, 0.2) is 25.5 Å². The molecule has 0 aromatic rings. The largest absolute Gasteiger partial charge is 0.435 e. The van der Waals surface area contributed by atoms with Crippen molar-refractivity contribution in [2.24, 2.45) is 0 Å². The maximum atomic E-state index is 10.5. The Balaban J connectivity index is 0. The molecule has 0 aliphatic carbocycles. The van der Waals surface area contributed by atoms with Crippen molar-refractivity contribution in [1.29, 1.82) is 0 Å². The predicted octanol–water partition coefficient (Wildman–Crippen LogP) is 1.78. The third-order valence-corrected chi connectivity index (χ3v) is 1.26. The Labute approximate surface area is 91.0 Å². The van der Waals surface area contributed by atoms with Crippen LogP contribution in [0, 0.1) is 0 Å². The molecular weight excluding hydrogens is 194 g/mol. The average molecular weight is 213 g/mol. The van der Waals surface area contributed by atoms with Gasteiger partial charge < -0.3 is 10.1 Å². The number of unbranched alkanes of at least 4 members (excludes halogenated alkanes) is 1. The van der Waals surface area contributed by atoms with Gasteiger partial charge in [0.2, 0.25) is 5.91 Å². The molecule has 0 heterocycles. The second-order valence-corrected chi connectivity index (χ2v) is 2.62. The Morgan fingerprint density at radius 2 is 2.00 bits per heavy atom. The molecule has 0 aromatic heterocycles. The molecule has 0 aliphatic heterocycles. The number of rotatable bonds is 5.